The minimum Gasteiger partial charge on any atom is -0.494 e. The first-order valence-corrected chi connectivity index (χ1v) is 7.05. The zero-order valence-electron chi connectivity index (χ0n) is 11.6. The van der Waals surface area contributed by atoms with Crippen LogP contribution in [0.5, 0.6) is 5.75 Å². The van der Waals surface area contributed by atoms with E-state index in [9.17, 15) is 13.2 Å². The van der Waals surface area contributed by atoms with E-state index in [1.165, 1.54) is 11.1 Å². The van der Waals surface area contributed by atoms with Crippen LogP contribution in [0.25, 0.3) is 0 Å². The van der Waals surface area contributed by atoms with E-state index in [-0.39, 0.29) is 13.0 Å². The maximum Gasteiger partial charge on any atom is 0.389 e. The number of aryl methyl sites for hydroxylation is 1. The van der Waals surface area contributed by atoms with Crippen molar-refractivity contribution in [2.75, 3.05) is 13.2 Å². The van der Waals surface area contributed by atoms with Crippen LogP contribution in [-0.2, 0) is 6.42 Å². The van der Waals surface area contributed by atoms with Gasteiger partial charge in [0.1, 0.15) is 5.75 Å². The maximum atomic E-state index is 12.0. The highest BCUT2D eigenvalue weighted by atomic mass is 19.4. The number of rotatable bonds is 6. The molecular weight excluding hydrogens is 267 g/mol. The molecule has 1 aromatic rings. The molecule has 0 aromatic heterocycles. The quantitative estimate of drug-likeness (QED) is 0.798. The van der Waals surface area contributed by atoms with E-state index >= 15 is 0 Å². The van der Waals surface area contributed by atoms with Gasteiger partial charge in [-0.25, -0.2) is 0 Å². The van der Waals surface area contributed by atoms with Gasteiger partial charge in [-0.3, -0.25) is 0 Å². The van der Waals surface area contributed by atoms with Crippen molar-refractivity contribution in [3.8, 4) is 5.75 Å². The number of nitrogens with one attached hydrogen (secondary N) is 1. The predicted octanol–water partition coefficient (Wildman–Crippen LogP) is 4.00. The topological polar surface area (TPSA) is 21.3 Å². The van der Waals surface area contributed by atoms with Crippen LogP contribution in [0.3, 0.4) is 0 Å². The second-order valence-electron chi connectivity index (χ2n) is 5.08. The van der Waals surface area contributed by atoms with Gasteiger partial charge in [-0.05, 0) is 49.1 Å². The first-order valence-electron chi connectivity index (χ1n) is 7.05. The summed E-state index contributed by atoms with van der Waals surface area (Å²) in [6.07, 6.45) is -2.82. The fraction of sp³-hybridized carbons (Fsp3) is 0.600. The fourth-order valence-corrected chi connectivity index (χ4v) is 2.60. The van der Waals surface area contributed by atoms with E-state index < -0.39 is 12.6 Å². The molecule has 1 unspecified atom stereocenters. The minimum absolute atomic E-state index is 0.000595. The zero-order chi connectivity index (χ0) is 14.6. The van der Waals surface area contributed by atoms with Gasteiger partial charge in [-0.2, -0.15) is 13.2 Å². The van der Waals surface area contributed by atoms with Gasteiger partial charge in [0, 0.05) is 12.5 Å². The van der Waals surface area contributed by atoms with Crippen molar-refractivity contribution in [3.05, 3.63) is 29.3 Å². The number of halogens is 3. The van der Waals surface area contributed by atoms with Crippen LogP contribution in [0.4, 0.5) is 13.2 Å². The van der Waals surface area contributed by atoms with Crippen LogP contribution in [0.2, 0.25) is 0 Å². The molecule has 2 nitrogen and oxygen atoms in total. The molecule has 0 amide bonds. The summed E-state index contributed by atoms with van der Waals surface area (Å²) in [6, 6.07) is 6.23. The van der Waals surface area contributed by atoms with Crippen molar-refractivity contribution < 1.29 is 17.9 Å². The molecule has 1 aromatic carbocycles. The summed E-state index contributed by atoms with van der Waals surface area (Å²) in [7, 11) is 0. The Morgan fingerprint density at radius 2 is 2.15 bits per heavy atom. The molecule has 20 heavy (non-hydrogen) atoms. The van der Waals surface area contributed by atoms with Gasteiger partial charge in [-0.15, -0.1) is 0 Å². The van der Waals surface area contributed by atoms with Crippen molar-refractivity contribution in [2.24, 2.45) is 0 Å². The van der Waals surface area contributed by atoms with Gasteiger partial charge in [0.05, 0.1) is 6.61 Å². The second-order valence-corrected chi connectivity index (χ2v) is 5.08. The SMILES string of the molecule is CCNC1CCc2cc(OCCCC(F)(F)F)ccc21. The maximum absolute atomic E-state index is 12.0. The van der Waals surface area contributed by atoms with Gasteiger partial charge in [0.2, 0.25) is 0 Å². The van der Waals surface area contributed by atoms with Crippen molar-refractivity contribution in [3.63, 3.8) is 0 Å². The van der Waals surface area contributed by atoms with Crippen LogP contribution < -0.4 is 10.1 Å². The van der Waals surface area contributed by atoms with Gasteiger partial charge >= 0.3 is 6.18 Å². The lowest BCUT2D eigenvalue weighted by Crippen LogP contribution is -2.18. The average Bonchev–Trinajstić information content (AvgIpc) is 2.77. The third kappa shape index (κ3) is 4.13. The Balaban J connectivity index is 1.86. The molecule has 2 rings (SSSR count). The smallest absolute Gasteiger partial charge is 0.389 e. The summed E-state index contributed by atoms with van der Waals surface area (Å²) in [5.74, 6) is 0.670. The standard InChI is InChI=1S/C15H20F3NO/c1-2-19-14-7-4-11-10-12(5-6-13(11)14)20-9-3-8-15(16,17)18/h5-6,10,14,19H,2-4,7-9H2,1H3. The molecule has 0 spiro atoms. The highest BCUT2D eigenvalue weighted by Gasteiger charge is 2.26. The number of fused-ring (bicyclic) bond motifs is 1. The van der Waals surface area contributed by atoms with Crippen molar-refractivity contribution in [1.82, 2.24) is 5.32 Å². The third-order valence-electron chi connectivity index (χ3n) is 3.52. The van der Waals surface area contributed by atoms with Gasteiger partial charge in [-0.1, -0.05) is 13.0 Å². The lowest BCUT2D eigenvalue weighted by Gasteiger charge is -2.13. The lowest BCUT2D eigenvalue weighted by atomic mass is 10.1. The van der Waals surface area contributed by atoms with Crippen LogP contribution in [0, 0.1) is 0 Å². The predicted molar refractivity (Wildman–Crippen MR) is 72.0 cm³/mol. The molecule has 0 heterocycles. The molecule has 0 fully saturated rings. The molecule has 0 bridgehead atoms. The molecule has 1 N–H and O–H groups in total. The summed E-state index contributed by atoms with van der Waals surface area (Å²) in [5.41, 5.74) is 2.53. The molecule has 0 aliphatic heterocycles. The summed E-state index contributed by atoms with van der Waals surface area (Å²) < 4.78 is 41.4. The molecule has 0 saturated heterocycles. The van der Waals surface area contributed by atoms with Crippen LogP contribution in [0.1, 0.15) is 43.4 Å². The van der Waals surface area contributed by atoms with E-state index in [0.717, 1.165) is 19.4 Å². The summed E-state index contributed by atoms with van der Waals surface area (Å²) >= 11 is 0. The second kappa shape index (κ2) is 6.48. The molecule has 0 saturated carbocycles. The van der Waals surface area contributed by atoms with E-state index in [1.807, 2.05) is 18.2 Å². The number of alkyl halides is 3. The molecule has 112 valence electrons. The molecular formula is C15H20F3NO. The Labute approximate surface area is 117 Å². The van der Waals surface area contributed by atoms with Crippen molar-refractivity contribution >= 4 is 0 Å². The Hall–Kier alpha value is -1.23. The summed E-state index contributed by atoms with van der Waals surface area (Å²) in [5, 5.41) is 3.42. The van der Waals surface area contributed by atoms with Crippen LogP contribution in [-0.4, -0.2) is 19.3 Å². The number of hydrogen-bond donors (Lipinski definition) is 1. The summed E-state index contributed by atoms with van der Waals surface area (Å²) in [6.45, 7) is 3.12. The summed E-state index contributed by atoms with van der Waals surface area (Å²) in [4.78, 5) is 0. The van der Waals surface area contributed by atoms with Crippen molar-refractivity contribution in [2.45, 2.75) is 44.8 Å². The van der Waals surface area contributed by atoms with Gasteiger partial charge in [0.25, 0.3) is 0 Å². The highest BCUT2D eigenvalue weighted by Crippen LogP contribution is 2.33. The number of ether oxygens (including phenoxy) is 1. The fourth-order valence-electron chi connectivity index (χ4n) is 2.60. The van der Waals surface area contributed by atoms with Crippen LogP contribution in [0.15, 0.2) is 18.2 Å². The molecule has 1 atom stereocenters. The molecule has 1 aliphatic carbocycles. The largest absolute Gasteiger partial charge is 0.494 e. The Morgan fingerprint density at radius 3 is 2.85 bits per heavy atom. The molecule has 1 aliphatic rings. The van der Waals surface area contributed by atoms with E-state index in [2.05, 4.69) is 12.2 Å². The minimum atomic E-state index is -4.10. The average molecular weight is 287 g/mol. The normalized spacial score (nSPS) is 18.1. The third-order valence-corrected chi connectivity index (χ3v) is 3.52. The Morgan fingerprint density at radius 1 is 1.35 bits per heavy atom. The Kier molecular flexibility index (Phi) is 4.91. The monoisotopic (exact) mass is 287 g/mol. The Bertz CT molecular complexity index is 445. The first-order chi connectivity index (χ1) is 9.49. The number of hydrogen-bond acceptors (Lipinski definition) is 2. The first kappa shape index (κ1) is 15.2. The number of benzene rings is 1. The van der Waals surface area contributed by atoms with E-state index in [0.29, 0.717) is 11.8 Å². The van der Waals surface area contributed by atoms with E-state index in [1.54, 1.807) is 0 Å². The van der Waals surface area contributed by atoms with Gasteiger partial charge < -0.3 is 10.1 Å². The highest BCUT2D eigenvalue weighted by molar-refractivity contribution is 5.40. The van der Waals surface area contributed by atoms with E-state index in [4.69, 9.17) is 4.74 Å². The van der Waals surface area contributed by atoms with Crippen LogP contribution >= 0.6 is 0 Å². The lowest BCUT2D eigenvalue weighted by molar-refractivity contribution is -0.136. The zero-order valence-corrected chi connectivity index (χ0v) is 11.6. The van der Waals surface area contributed by atoms with Crippen molar-refractivity contribution in [1.29, 1.82) is 0 Å². The molecule has 5 heteroatoms. The molecule has 0 radical (unpaired) electrons. The van der Waals surface area contributed by atoms with Gasteiger partial charge in [0.15, 0.2) is 0 Å².